The molecule has 164 valence electrons. The van der Waals surface area contributed by atoms with Gasteiger partial charge < -0.3 is 10.6 Å². The van der Waals surface area contributed by atoms with Gasteiger partial charge in [0.25, 0.3) is 0 Å². The molecule has 0 radical (unpaired) electrons. The van der Waals surface area contributed by atoms with Gasteiger partial charge in [0.15, 0.2) is 10.9 Å². The number of alkyl halides is 3. The monoisotopic (exact) mass is 481 g/mol. The van der Waals surface area contributed by atoms with E-state index in [4.69, 9.17) is 11.6 Å². The highest BCUT2D eigenvalue weighted by Crippen LogP contribution is 2.37. The van der Waals surface area contributed by atoms with Crippen molar-refractivity contribution in [3.8, 4) is 0 Å². The molecule has 0 saturated heterocycles. The van der Waals surface area contributed by atoms with Crippen LogP contribution < -0.4 is 10.6 Å². The van der Waals surface area contributed by atoms with Crippen molar-refractivity contribution in [2.45, 2.75) is 13.1 Å². The highest BCUT2D eigenvalue weighted by atomic mass is 35.5. The Morgan fingerprint density at radius 1 is 1.12 bits per heavy atom. The number of aromatic nitrogens is 4. The third kappa shape index (κ3) is 4.24. The van der Waals surface area contributed by atoms with E-state index in [1.165, 1.54) is 11.3 Å². The van der Waals surface area contributed by atoms with Gasteiger partial charge >= 0.3 is 11.9 Å². The maximum absolute atomic E-state index is 12.8. The normalized spacial score (nSPS) is 11.5. The summed E-state index contributed by atoms with van der Waals surface area (Å²) in [6.45, 7) is 1.89. The van der Waals surface area contributed by atoms with E-state index >= 15 is 0 Å². The first-order valence-corrected chi connectivity index (χ1v) is 9.95. The first-order valence-electron chi connectivity index (χ1n) is 8.76. The zero-order valence-corrected chi connectivity index (χ0v) is 17.5. The van der Waals surface area contributed by atoms with Crippen molar-refractivity contribution >= 4 is 61.4 Å². The van der Waals surface area contributed by atoms with Crippen molar-refractivity contribution in [1.82, 2.24) is 19.9 Å². The average molecular weight is 482 g/mol. The lowest BCUT2D eigenvalue weighted by Crippen LogP contribution is -2.08. The number of nitro groups is 1. The third-order valence-corrected chi connectivity index (χ3v) is 5.48. The zero-order chi connectivity index (χ0) is 23.0. The lowest BCUT2D eigenvalue weighted by atomic mass is 10.2. The Morgan fingerprint density at radius 3 is 2.47 bits per heavy atom. The molecule has 14 heteroatoms. The smallest absolute Gasteiger partial charge is 0.318 e. The summed E-state index contributed by atoms with van der Waals surface area (Å²) >= 11 is 7.16. The second kappa shape index (κ2) is 8.16. The number of nitrogens with one attached hydrogen (secondary N) is 2. The van der Waals surface area contributed by atoms with E-state index in [0.29, 0.717) is 17.4 Å². The maximum Gasteiger partial charge on any atom is 0.417 e. The van der Waals surface area contributed by atoms with Crippen LogP contribution in [-0.2, 0) is 6.18 Å². The molecular formula is C18H11ClF3N7O2S. The molecule has 0 aliphatic carbocycles. The number of benzene rings is 1. The molecule has 1 aromatic carbocycles. The van der Waals surface area contributed by atoms with Gasteiger partial charge in [-0.05, 0) is 24.6 Å². The van der Waals surface area contributed by atoms with Crippen LogP contribution in [0.5, 0.6) is 0 Å². The van der Waals surface area contributed by atoms with E-state index in [9.17, 15) is 23.3 Å². The van der Waals surface area contributed by atoms with Crippen molar-refractivity contribution in [3.05, 3.63) is 63.1 Å². The lowest BCUT2D eigenvalue weighted by Gasteiger charge is -2.11. The van der Waals surface area contributed by atoms with Gasteiger partial charge in [-0.15, -0.1) is 0 Å². The summed E-state index contributed by atoms with van der Waals surface area (Å²) in [5.74, 6) is -0.700. The standard InChI is InChI=1S/C18H11ClF3N7O2S/c1-8-3-2-4-11-12(8)26-17(32-11)28-16-13(29(30)31)15(24-7-25-16)27-14-10(19)5-9(6-23-14)18(20,21)22/h2-7H,1H3,(H2,23,24,25,26,27,28). The van der Waals surface area contributed by atoms with Crippen molar-refractivity contribution in [1.29, 1.82) is 0 Å². The number of halogens is 4. The highest BCUT2D eigenvalue weighted by Gasteiger charge is 2.32. The summed E-state index contributed by atoms with van der Waals surface area (Å²) in [6.07, 6.45) is -3.03. The number of para-hydroxylation sites is 1. The van der Waals surface area contributed by atoms with E-state index in [1.54, 1.807) is 0 Å². The summed E-state index contributed by atoms with van der Waals surface area (Å²) in [6, 6.07) is 6.29. The summed E-state index contributed by atoms with van der Waals surface area (Å²) < 4.78 is 39.3. The fraction of sp³-hybridized carbons (Fsp3) is 0.111. The van der Waals surface area contributed by atoms with Gasteiger partial charge in [-0.3, -0.25) is 10.1 Å². The molecule has 0 unspecified atom stereocenters. The Hall–Kier alpha value is -3.58. The van der Waals surface area contributed by atoms with E-state index in [2.05, 4.69) is 30.6 Å². The summed E-state index contributed by atoms with van der Waals surface area (Å²) in [5, 5.41) is 17.0. The SMILES string of the molecule is Cc1cccc2sc(Nc3ncnc(Nc4ncc(C(F)(F)F)cc4Cl)c3[N+](=O)[O-])nc12. The zero-order valence-electron chi connectivity index (χ0n) is 15.9. The summed E-state index contributed by atoms with van der Waals surface area (Å²) in [4.78, 5) is 26.8. The van der Waals surface area contributed by atoms with E-state index in [0.717, 1.165) is 22.1 Å². The molecule has 4 aromatic rings. The second-order valence-electron chi connectivity index (χ2n) is 6.42. The van der Waals surface area contributed by atoms with Crippen LogP contribution in [0.25, 0.3) is 10.2 Å². The van der Waals surface area contributed by atoms with Crippen LogP contribution >= 0.6 is 22.9 Å². The van der Waals surface area contributed by atoms with Gasteiger partial charge in [0, 0.05) is 6.20 Å². The molecule has 0 saturated carbocycles. The predicted octanol–water partition coefficient (Wildman–Crippen LogP) is 5.86. The van der Waals surface area contributed by atoms with Gasteiger partial charge in [0.05, 0.1) is 25.7 Å². The van der Waals surface area contributed by atoms with Crippen LogP contribution in [0.4, 0.5) is 41.4 Å². The number of hydrogen-bond acceptors (Lipinski definition) is 9. The second-order valence-corrected chi connectivity index (χ2v) is 7.86. The molecule has 0 amide bonds. The third-order valence-electron chi connectivity index (χ3n) is 4.26. The fourth-order valence-electron chi connectivity index (χ4n) is 2.77. The van der Waals surface area contributed by atoms with E-state index < -0.39 is 22.4 Å². The van der Waals surface area contributed by atoms with Gasteiger partial charge in [-0.2, -0.15) is 13.2 Å². The number of pyridine rings is 1. The molecule has 3 aromatic heterocycles. The lowest BCUT2D eigenvalue weighted by molar-refractivity contribution is -0.383. The molecule has 0 bridgehead atoms. The van der Waals surface area contributed by atoms with Gasteiger partial charge in [0.2, 0.25) is 11.6 Å². The first-order chi connectivity index (χ1) is 15.1. The van der Waals surface area contributed by atoms with Gasteiger partial charge in [-0.1, -0.05) is 35.1 Å². The average Bonchev–Trinajstić information content (AvgIpc) is 3.12. The largest absolute Gasteiger partial charge is 0.417 e. The fourth-order valence-corrected chi connectivity index (χ4v) is 3.93. The Morgan fingerprint density at radius 2 is 1.84 bits per heavy atom. The highest BCUT2D eigenvalue weighted by molar-refractivity contribution is 7.22. The Labute approximate surface area is 186 Å². The number of fused-ring (bicyclic) bond motifs is 1. The number of anilines is 4. The van der Waals surface area contributed by atoms with Crippen LogP contribution in [0.1, 0.15) is 11.1 Å². The molecule has 0 aliphatic rings. The predicted molar refractivity (Wildman–Crippen MR) is 114 cm³/mol. The van der Waals surface area contributed by atoms with Crippen LogP contribution in [0, 0.1) is 17.0 Å². The van der Waals surface area contributed by atoms with Gasteiger partial charge in [0.1, 0.15) is 6.33 Å². The molecule has 9 nitrogen and oxygen atoms in total. The Kier molecular flexibility index (Phi) is 5.52. The Bertz CT molecular complexity index is 1350. The number of hydrogen-bond donors (Lipinski definition) is 2. The molecule has 0 spiro atoms. The van der Waals surface area contributed by atoms with Crippen LogP contribution in [0.2, 0.25) is 5.02 Å². The van der Waals surface area contributed by atoms with Crippen molar-refractivity contribution < 1.29 is 18.1 Å². The molecule has 32 heavy (non-hydrogen) atoms. The number of nitrogens with zero attached hydrogens (tertiary/aromatic N) is 5. The molecule has 0 atom stereocenters. The number of thiazole rings is 1. The molecule has 2 N–H and O–H groups in total. The topological polar surface area (TPSA) is 119 Å². The molecule has 0 aliphatic heterocycles. The minimum Gasteiger partial charge on any atom is -0.318 e. The minimum atomic E-state index is -4.64. The molecule has 4 rings (SSSR count). The van der Waals surface area contributed by atoms with Crippen LogP contribution in [0.15, 0.2) is 36.8 Å². The summed E-state index contributed by atoms with van der Waals surface area (Å²) in [5.41, 5.74) is 0.0742. The Balaban J connectivity index is 1.69. The molecule has 3 heterocycles. The van der Waals surface area contributed by atoms with E-state index in [-0.39, 0.29) is 22.5 Å². The van der Waals surface area contributed by atoms with E-state index in [1.807, 2.05) is 25.1 Å². The van der Waals surface area contributed by atoms with Crippen LogP contribution in [0.3, 0.4) is 0 Å². The first kappa shape index (κ1) is 21.6. The number of aryl methyl sites for hydroxylation is 1. The van der Waals surface area contributed by atoms with Crippen molar-refractivity contribution in [2.24, 2.45) is 0 Å². The van der Waals surface area contributed by atoms with Crippen LogP contribution in [-0.4, -0.2) is 24.9 Å². The maximum atomic E-state index is 12.8. The molecular weight excluding hydrogens is 471 g/mol. The van der Waals surface area contributed by atoms with Crippen molar-refractivity contribution in [2.75, 3.05) is 10.6 Å². The minimum absolute atomic E-state index is 0.160. The van der Waals surface area contributed by atoms with Gasteiger partial charge in [-0.25, -0.2) is 19.9 Å². The molecule has 0 fully saturated rings. The quantitative estimate of drug-likeness (QED) is 0.269. The van der Waals surface area contributed by atoms with Crippen molar-refractivity contribution in [3.63, 3.8) is 0 Å². The summed E-state index contributed by atoms with van der Waals surface area (Å²) in [7, 11) is 0. The number of rotatable bonds is 5.